The van der Waals surface area contributed by atoms with E-state index in [1.54, 1.807) is 12.1 Å². The normalized spacial score (nSPS) is 15.2. The summed E-state index contributed by atoms with van der Waals surface area (Å²) < 4.78 is 0. The molecule has 8 heteroatoms. The second-order valence-corrected chi connectivity index (χ2v) is 9.15. The summed E-state index contributed by atoms with van der Waals surface area (Å²) in [7, 11) is 0. The molecule has 1 amide bonds. The van der Waals surface area contributed by atoms with E-state index >= 15 is 0 Å². The minimum absolute atomic E-state index is 0.0248. The van der Waals surface area contributed by atoms with Crippen LogP contribution >= 0.6 is 0 Å². The van der Waals surface area contributed by atoms with Crippen molar-refractivity contribution in [1.29, 1.82) is 0 Å². The zero-order chi connectivity index (χ0) is 24.6. The Morgan fingerprint density at radius 1 is 1.03 bits per heavy atom. The highest BCUT2D eigenvalue weighted by Crippen LogP contribution is 2.28. The van der Waals surface area contributed by atoms with E-state index in [1.165, 1.54) is 31.4 Å². The predicted molar refractivity (Wildman–Crippen MR) is 138 cm³/mol. The molecular formula is C27H34N4O4. The van der Waals surface area contributed by atoms with Crippen molar-refractivity contribution < 1.29 is 15.0 Å². The summed E-state index contributed by atoms with van der Waals surface area (Å²) in [5, 5.41) is 27.5. The zero-order valence-corrected chi connectivity index (χ0v) is 19.9. The largest absolute Gasteiger partial charge is 0.506 e. The maximum absolute atomic E-state index is 12.2. The number of nitrogens with zero attached hydrogens (tertiary/aromatic N) is 1. The van der Waals surface area contributed by atoms with Crippen LogP contribution in [-0.4, -0.2) is 58.7 Å². The first-order valence-corrected chi connectivity index (χ1v) is 12.3. The third-order valence-electron chi connectivity index (χ3n) is 6.54. The fourth-order valence-corrected chi connectivity index (χ4v) is 4.55. The molecule has 8 nitrogen and oxygen atoms in total. The topological polar surface area (TPSA) is 118 Å². The molecule has 0 spiro atoms. The summed E-state index contributed by atoms with van der Waals surface area (Å²) in [6.45, 7) is 4.02. The Bertz CT molecular complexity index is 1190. The number of rotatable bonds is 10. The number of aliphatic hydroxyl groups excluding tert-OH is 1. The van der Waals surface area contributed by atoms with Crippen LogP contribution in [0, 0.1) is 0 Å². The molecule has 0 unspecified atom stereocenters. The van der Waals surface area contributed by atoms with Crippen LogP contribution in [0.1, 0.15) is 42.9 Å². The molecule has 4 rings (SSSR count). The summed E-state index contributed by atoms with van der Waals surface area (Å²) in [6.07, 6.45) is 4.26. The van der Waals surface area contributed by atoms with Gasteiger partial charge in [0, 0.05) is 36.7 Å². The lowest BCUT2D eigenvalue weighted by Crippen LogP contribution is -2.32. The summed E-state index contributed by atoms with van der Waals surface area (Å²) in [5.41, 5.74) is 2.60. The smallest absolute Gasteiger partial charge is 0.248 e. The van der Waals surface area contributed by atoms with E-state index in [9.17, 15) is 19.8 Å². The summed E-state index contributed by atoms with van der Waals surface area (Å²) in [6, 6.07) is 14.0. The molecule has 5 N–H and O–H groups in total. The Labute approximate surface area is 205 Å². The number of pyridine rings is 1. The molecule has 186 valence electrons. The number of fused-ring (bicyclic) bond motifs is 1. The minimum Gasteiger partial charge on any atom is -0.506 e. The van der Waals surface area contributed by atoms with Crippen molar-refractivity contribution in [3.05, 3.63) is 70.0 Å². The highest BCUT2D eigenvalue weighted by molar-refractivity contribution is 5.90. The van der Waals surface area contributed by atoms with Gasteiger partial charge in [0.05, 0.1) is 11.6 Å². The molecule has 2 aromatic carbocycles. The van der Waals surface area contributed by atoms with Crippen molar-refractivity contribution in [1.82, 2.24) is 15.2 Å². The SMILES string of the molecule is O=C(CCN1CCCCC1)Nc1ccc(CCNC[C@H](O)c2ccc(O)c3[nH]c(=O)ccc23)cc1. The number of aromatic hydroxyl groups is 1. The molecule has 35 heavy (non-hydrogen) atoms. The first-order chi connectivity index (χ1) is 17.0. The number of benzene rings is 2. The van der Waals surface area contributed by atoms with E-state index in [-0.39, 0.29) is 17.2 Å². The van der Waals surface area contributed by atoms with E-state index in [1.807, 2.05) is 24.3 Å². The van der Waals surface area contributed by atoms with Crippen molar-refractivity contribution in [3.8, 4) is 5.75 Å². The van der Waals surface area contributed by atoms with Gasteiger partial charge in [0.15, 0.2) is 0 Å². The number of aromatic amines is 1. The van der Waals surface area contributed by atoms with Gasteiger partial charge in [-0.05, 0) is 74.3 Å². The number of carbonyl (C=O) groups is 1. The number of phenols is 1. The van der Waals surface area contributed by atoms with Gasteiger partial charge >= 0.3 is 0 Å². The Kier molecular flexibility index (Phi) is 8.52. The maximum Gasteiger partial charge on any atom is 0.248 e. The van der Waals surface area contributed by atoms with Gasteiger partial charge in [0.1, 0.15) is 5.75 Å². The summed E-state index contributed by atoms with van der Waals surface area (Å²) in [4.78, 5) is 28.8. The fourth-order valence-electron chi connectivity index (χ4n) is 4.55. The molecule has 1 saturated heterocycles. The number of phenolic OH excluding ortho intramolecular Hbond substituents is 1. The molecule has 1 aliphatic rings. The third kappa shape index (κ3) is 6.91. The highest BCUT2D eigenvalue weighted by atomic mass is 16.3. The van der Waals surface area contributed by atoms with Gasteiger partial charge in [-0.25, -0.2) is 0 Å². The Morgan fingerprint density at radius 2 is 1.80 bits per heavy atom. The van der Waals surface area contributed by atoms with E-state index in [2.05, 4.69) is 20.5 Å². The van der Waals surface area contributed by atoms with Crippen LogP contribution in [0.25, 0.3) is 10.9 Å². The van der Waals surface area contributed by atoms with Crippen LogP contribution in [-0.2, 0) is 11.2 Å². The lowest BCUT2D eigenvalue weighted by molar-refractivity contribution is -0.116. The summed E-state index contributed by atoms with van der Waals surface area (Å²) >= 11 is 0. The molecule has 1 aromatic heterocycles. The number of carbonyl (C=O) groups excluding carboxylic acids is 1. The lowest BCUT2D eigenvalue weighted by Gasteiger charge is -2.25. The van der Waals surface area contributed by atoms with Gasteiger partial charge in [0.2, 0.25) is 11.5 Å². The molecular weight excluding hydrogens is 444 g/mol. The molecule has 0 saturated carbocycles. The predicted octanol–water partition coefficient (Wildman–Crippen LogP) is 2.91. The monoisotopic (exact) mass is 478 g/mol. The number of hydrogen-bond donors (Lipinski definition) is 5. The Balaban J connectivity index is 1.20. The minimum atomic E-state index is -0.786. The van der Waals surface area contributed by atoms with Crippen LogP contribution in [0.3, 0.4) is 0 Å². The van der Waals surface area contributed by atoms with E-state index in [4.69, 9.17) is 0 Å². The number of hydrogen-bond acceptors (Lipinski definition) is 6. The molecule has 1 atom stereocenters. The second kappa shape index (κ2) is 12.0. The quantitative estimate of drug-likeness (QED) is 0.286. The van der Waals surface area contributed by atoms with Gasteiger partial charge < -0.3 is 30.7 Å². The molecule has 1 fully saturated rings. The molecule has 3 aromatic rings. The molecule has 2 heterocycles. The van der Waals surface area contributed by atoms with Crippen molar-refractivity contribution in [2.75, 3.05) is 38.0 Å². The van der Waals surface area contributed by atoms with Gasteiger partial charge in [-0.3, -0.25) is 9.59 Å². The fraction of sp³-hybridized carbons (Fsp3) is 0.407. The van der Waals surface area contributed by atoms with Crippen LogP contribution in [0.2, 0.25) is 0 Å². The van der Waals surface area contributed by atoms with Gasteiger partial charge in [-0.2, -0.15) is 0 Å². The van der Waals surface area contributed by atoms with E-state index in [0.29, 0.717) is 36.0 Å². The number of aromatic nitrogens is 1. The third-order valence-corrected chi connectivity index (χ3v) is 6.54. The molecule has 0 bridgehead atoms. The van der Waals surface area contributed by atoms with E-state index in [0.717, 1.165) is 37.3 Å². The van der Waals surface area contributed by atoms with Crippen LogP contribution in [0.5, 0.6) is 5.75 Å². The van der Waals surface area contributed by atoms with E-state index < -0.39 is 6.10 Å². The Morgan fingerprint density at radius 3 is 2.57 bits per heavy atom. The number of nitrogens with one attached hydrogen (secondary N) is 3. The number of likely N-dealkylation sites (tertiary alicyclic amines) is 1. The van der Waals surface area contributed by atoms with Gasteiger partial charge in [0.25, 0.3) is 0 Å². The average Bonchev–Trinajstić information content (AvgIpc) is 2.87. The number of anilines is 1. The maximum atomic E-state index is 12.2. The zero-order valence-electron chi connectivity index (χ0n) is 19.9. The second-order valence-electron chi connectivity index (χ2n) is 9.15. The van der Waals surface area contributed by atoms with Crippen molar-refractivity contribution in [3.63, 3.8) is 0 Å². The average molecular weight is 479 g/mol. The Hall–Kier alpha value is -3.20. The number of piperidine rings is 1. The van der Waals surface area contributed by atoms with Crippen molar-refractivity contribution in [2.24, 2.45) is 0 Å². The molecule has 0 radical (unpaired) electrons. The van der Waals surface area contributed by atoms with Gasteiger partial charge in [-0.15, -0.1) is 0 Å². The highest BCUT2D eigenvalue weighted by Gasteiger charge is 2.14. The molecule has 0 aliphatic carbocycles. The number of aliphatic hydroxyl groups is 1. The van der Waals surface area contributed by atoms with Gasteiger partial charge in [-0.1, -0.05) is 24.6 Å². The lowest BCUT2D eigenvalue weighted by atomic mass is 10.0. The summed E-state index contributed by atoms with van der Waals surface area (Å²) in [5.74, 6) is 0.0213. The van der Waals surface area contributed by atoms with Crippen molar-refractivity contribution >= 4 is 22.5 Å². The molecule has 1 aliphatic heterocycles. The van der Waals surface area contributed by atoms with Crippen LogP contribution < -0.4 is 16.2 Å². The number of amides is 1. The van der Waals surface area contributed by atoms with Crippen LogP contribution in [0.4, 0.5) is 5.69 Å². The standard InChI is InChI=1S/C27H34N4O4/c32-23-10-8-21(22-9-11-25(34)30-27(22)23)24(33)18-28-14-12-19-4-6-20(7-5-19)29-26(35)13-17-31-15-2-1-3-16-31/h4-11,24,28,32-33H,1-3,12-18H2,(H,29,35)(H,30,34)/t24-/m0/s1. The van der Waals surface area contributed by atoms with Crippen LogP contribution in [0.15, 0.2) is 53.3 Å². The van der Waals surface area contributed by atoms with Crippen molar-refractivity contribution in [2.45, 2.75) is 38.2 Å². The number of H-pyrrole nitrogens is 1. The first-order valence-electron chi connectivity index (χ1n) is 12.3. The first kappa shape index (κ1) is 24.9.